The zero-order chi connectivity index (χ0) is 18.1. The van der Waals surface area contributed by atoms with E-state index in [2.05, 4.69) is 58.6 Å². The van der Waals surface area contributed by atoms with Gasteiger partial charge in [0, 0.05) is 33.8 Å². The van der Waals surface area contributed by atoms with Crippen molar-refractivity contribution in [3.05, 3.63) is 48.7 Å². The fraction of sp³-hybridized carbons (Fsp3) is 0.636. The average Bonchev–Trinajstić information content (AvgIpc) is 3.06. The van der Waals surface area contributed by atoms with E-state index in [4.69, 9.17) is 4.74 Å². The fourth-order valence-electron chi connectivity index (χ4n) is 3.03. The Hall–Kier alpha value is -0.0957. The average molecular weight is 397 g/mol. The molecule has 0 aromatic rings. The molecule has 0 heterocycles. The largest absolute Gasteiger partial charge is 0.272 e. The van der Waals surface area contributed by atoms with Crippen LogP contribution in [0.5, 0.6) is 0 Å². The van der Waals surface area contributed by atoms with Crippen LogP contribution in [0.3, 0.4) is 0 Å². The van der Waals surface area contributed by atoms with Crippen molar-refractivity contribution in [2.45, 2.75) is 72.6 Å². The molecular formula is C22H40NPTi. The molecule has 0 N–H and O–H groups in total. The Morgan fingerprint density at radius 2 is 1.64 bits per heavy atom. The van der Waals surface area contributed by atoms with Gasteiger partial charge in [-0.15, -0.1) is 0 Å². The van der Waals surface area contributed by atoms with E-state index < -0.39 is 7.05 Å². The van der Waals surface area contributed by atoms with Crippen LogP contribution in [-0.4, -0.2) is 18.5 Å². The van der Waals surface area contributed by atoms with Crippen molar-refractivity contribution in [3.63, 3.8) is 0 Å². The van der Waals surface area contributed by atoms with Gasteiger partial charge >= 0.3 is 0 Å². The summed E-state index contributed by atoms with van der Waals surface area (Å²) in [7, 11) is -1.03. The van der Waals surface area contributed by atoms with Crippen LogP contribution in [0.1, 0.15) is 72.6 Å². The molecule has 0 saturated heterocycles. The smallest absolute Gasteiger partial charge is 0.0425 e. The van der Waals surface area contributed by atoms with Crippen LogP contribution >= 0.6 is 7.05 Å². The Morgan fingerprint density at radius 3 is 2.04 bits per heavy atom. The van der Waals surface area contributed by atoms with Crippen LogP contribution in [0.25, 0.3) is 0 Å². The third-order valence-corrected chi connectivity index (χ3v) is 8.53. The van der Waals surface area contributed by atoms with Gasteiger partial charge in [0.2, 0.25) is 0 Å². The van der Waals surface area contributed by atoms with Crippen LogP contribution in [0.2, 0.25) is 0 Å². The van der Waals surface area contributed by atoms with E-state index in [1.54, 1.807) is 0 Å². The molecule has 0 aliphatic heterocycles. The Bertz CT molecular complexity index is 437. The van der Waals surface area contributed by atoms with Gasteiger partial charge in [0.25, 0.3) is 0 Å². The molecule has 0 amide bonds. The van der Waals surface area contributed by atoms with Crippen molar-refractivity contribution in [1.29, 1.82) is 0 Å². The van der Waals surface area contributed by atoms with Crippen LogP contribution < -0.4 is 0 Å². The number of unbranched alkanes of at least 4 members (excludes halogenated alkanes) is 2. The van der Waals surface area contributed by atoms with Gasteiger partial charge in [-0.05, 0) is 38.0 Å². The number of rotatable bonds is 11. The molecule has 0 spiro atoms. The van der Waals surface area contributed by atoms with Crippen molar-refractivity contribution in [2.75, 3.05) is 18.5 Å². The minimum Gasteiger partial charge on any atom is -0.272 e. The van der Waals surface area contributed by atoms with Crippen molar-refractivity contribution < 1.29 is 21.7 Å². The number of hydrogen-bond acceptors (Lipinski definition) is 1. The zero-order valence-electron chi connectivity index (χ0n) is 17.1. The van der Waals surface area contributed by atoms with Crippen LogP contribution in [-0.2, 0) is 21.7 Å². The molecule has 0 radical (unpaired) electrons. The molecule has 0 bridgehead atoms. The number of hydrogen-bond donors (Lipinski definition) is 0. The monoisotopic (exact) mass is 397 g/mol. The molecule has 0 fully saturated rings. The van der Waals surface area contributed by atoms with Gasteiger partial charge in [0.05, 0.1) is 0 Å². The minimum absolute atomic E-state index is 0. The first-order valence-electron chi connectivity index (χ1n) is 9.90. The quantitative estimate of drug-likeness (QED) is 0.144. The molecule has 0 unspecified atom stereocenters. The van der Waals surface area contributed by atoms with E-state index in [0.29, 0.717) is 0 Å². The maximum Gasteiger partial charge on any atom is 0.0425 e. The van der Waals surface area contributed by atoms with Crippen molar-refractivity contribution >= 4 is 7.05 Å². The van der Waals surface area contributed by atoms with Crippen LogP contribution in [0, 0.1) is 0 Å². The molecule has 0 aromatic carbocycles. The Labute approximate surface area is 173 Å². The van der Waals surface area contributed by atoms with E-state index in [-0.39, 0.29) is 21.7 Å². The van der Waals surface area contributed by atoms with Gasteiger partial charge in [-0.1, -0.05) is 96.8 Å². The molecule has 1 aliphatic carbocycles. The fourth-order valence-corrected chi connectivity index (χ4v) is 7.19. The number of allylic oxidation sites excluding steroid dienone is 6. The molecule has 3 heteroatoms. The third-order valence-electron chi connectivity index (χ3n) is 4.01. The van der Waals surface area contributed by atoms with Gasteiger partial charge in [-0.25, -0.2) is 0 Å². The summed E-state index contributed by atoms with van der Waals surface area (Å²) in [6, 6.07) is 0. The van der Waals surface area contributed by atoms with E-state index in [1.807, 2.05) is 12.2 Å². The van der Waals surface area contributed by atoms with Gasteiger partial charge in [0.15, 0.2) is 0 Å². The molecule has 1 nitrogen and oxygen atoms in total. The van der Waals surface area contributed by atoms with Crippen molar-refractivity contribution in [2.24, 2.45) is 4.74 Å². The summed E-state index contributed by atoms with van der Waals surface area (Å²) < 4.78 is 5.19. The predicted molar refractivity (Wildman–Crippen MR) is 116 cm³/mol. The molecule has 1 rings (SSSR count). The van der Waals surface area contributed by atoms with Crippen LogP contribution in [0.15, 0.2) is 53.5 Å². The zero-order valence-corrected chi connectivity index (χ0v) is 19.6. The second-order valence-electron chi connectivity index (χ2n) is 6.46. The Morgan fingerprint density at radius 1 is 1.04 bits per heavy atom. The van der Waals surface area contributed by atoms with Crippen molar-refractivity contribution in [3.8, 4) is 0 Å². The van der Waals surface area contributed by atoms with Crippen molar-refractivity contribution in [1.82, 2.24) is 0 Å². The molecule has 0 aromatic heterocycles. The first-order chi connectivity index (χ1) is 11.7. The van der Waals surface area contributed by atoms with E-state index in [0.717, 1.165) is 6.42 Å². The van der Waals surface area contributed by atoms with E-state index >= 15 is 0 Å². The molecule has 25 heavy (non-hydrogen) atoms. The molecule has 0 saturated carbocycles. The second kappa shape index (κ2) is 18.7. The molecule has 142 valence electrons. The summed E-state index contributed by atoms with van der Waals surface area (Å²) in [5, 5.41) is 0. The predicted octanol–water partition coefficient (Wildman–Crippen LogP) is 8.18. The number of nitrogens with zero attached hydrogens (tertiary/aromatic N) is 1. The molecular weight excluding hydrogens is 357 g/mol. The SMILES string of the molecule is C=CC=CCCCC.CCCP(CCC)(CCC)=NC1=CC=CC1.[Ti]. The summed E-state index contributed by atoms with van der Waals surface area (Å²) in [4.78, 5) is 0. The summed E-state index contributed by atoms with van der Waals surface area (Å²) in [6.45, 7) is 12.7. The maximum atomic E-state index is 5.19. The van der Waals surface area contributed by atoms with Gasteiger partial charge in [-0.3, -0.25) is 4.74 Å². The second-order valence-corrected chi connectivity index (χ2v) is 10.2. The van der Waals surface area contributed by atoms with Crippen LogP contribution in [0.4, 0.5) is 0 Å². The van der Waals surface area contributed by atoms with Gasteiger partial charge < -0.3 is 0 Å². The standard InChI is InChI=1S/C14H26NP.C8H14.Ti/c1-4-11-16(12-5-2,13-6-3)15-14-9-7-8-10-14;1-3-5-7-8-6-4-2;/h7-9H,4-6,10-13H2,1-3H3;3,5,7H,1,4,6,8H2,2H3;. The first-order valence-corrected chi connectivity index (χ1v) is 12.2. The summed E-state index contributed by atoms with van der Waals surface area (Å²) >= 11 is 0. The first kappa shape index (κ1) is 27.1. The van der Waals surface area contributed by atoms with E-state index in [1.165, 1.54) is 62.7 Å². The van der Waals surface area contributed by atoms with E-state index in [9.17, 15) is 0 Å². The van der Waals surface area contributed by atoms with Gasteiger partial charge in [0.1, 0.15) is 0 Å². The third kappa shape index (κ3) is 13.7. The molecule has 0 atom stereocenters. The summed E-state index contributed by atoms with van der Waals surface area (Å²) in [6.07, 6.45) is 25.3. The Kier molecular flexibility index (Phi) is 20.3. The minimum atomic E-state index is -1.03. The normalized spacial score (nSPS) is 13.0. The molecule has 1 aliphatic rings. The summed E-state index contributed by atoms with van der Waals surface area (Å²) in [5.41, 5.74) is 1.34. The Balaban J connectivity index is 0. The maximum absolute atomic E-state index is 5.19. The topological polar surface area (TPSA) is 12.4 Å². The van der Waals surface area contributed by atoms with Gasteiger partial charge in [-0.2, -0.15) is 0 Å². The summed E-state index contributed by atoms with van der Waals surface area (Å²) in [5.74, 6) is 0.